The number of methoxy groups -OCH3 is 1. The van der Waals surface area contributed by atoms with E-state index in [1.165, 1.54) is 4.88 Å². The molecular formula is C31H28N2O3S. The Balaban J connectivity index is 1.39. The van der Waals surface area contributed by atoms with Gasteiger partial charge in [0.25, 0.3) is 5.91 Å². The Labute approximate surface area is 220 Å². The van der Waals surface area contributed by atoms with Crippen molar-refractivity contribution in [2.75, 3.05) is 13.7 Å². The molecule has 3 aromatic carbocycles. The topological polar surface area (TPSA) is 51.7 Å². The number of nitrogens with zero attached hydrogens (tertiary/aromatic N) is 2. The smallest absolute Gasteiger partial charge is 0.255 e. The number of carbonyl (C=O) groups excluding carboxylic acids is 1. The number of fused-ring (bicyclic) bond motifs is 1. The molecule has 0 saturated carbocycles. The van der Waals surface area contributed by atoms with E-state index >= 15 is 0 Å². The molecule has 1 amide bonds. The summed E-state index contributed by atoms with van der Waals surface area (Å²) < 4.78 is 11.7. The summed E-state index contributed by atoms with van der Waals surface area (Å²) in [5.74, 6) is 1.30. The van der Waals surface area contributed by atoms with Gasteiger partial charge in [-0.25, -0.2) is 0 Å². The third-order valence-corrected chi connectivity index (χ3v) is 7.11. The summed E-state index contributed by atoms with van der Waals surface area (Å²) in [6.45, 7) is 1.37. The van der Waals surface area contributed by atoms with Crippen LogP contribution < -0.4 is 9.47 Å². The van der Waals surface area contributed by atoms with Crippen LogP contribution in [0, 0.1) is 0 Å². The average Bonchev–Trinajstić information content (AvgIpc) is 3.47. The molecule has 0 saturated heterocycles. The number of carbonyl (C=O) groups is 1. The van der Waals surface area contributed by atoms with Gasteiger partial charge in [0.05, 0.1) is 26.0 Å². The summed E-state index contributed by atoms with van der Waals surface area (Å²) in [6.07, 6.45) is 2.60. The van der Waals surface area contributed by atoms with E-state index in [1.54, 1.807) is 24.6 Å². The number of amides is 1. The molecule has 0 unspecified atom stereocenters. The number of hydrogen-bond donors (Lipinski definition) is 0. The molecular weight excluding hydrogens is 480 g/mol. The van der Waals surface area contributed by atoms with Gasteiger partial charge >= 0.3 is 0 Å². The molecule has 0 bridgehead atoms. The fourth-order valence-corrected chi connectivity index (χ4v) is 5.03. The predicted octanol–water partition coefficient (Wildman–Crippen LogP) is 6.77. The minimum atomic E-state index is -0.0438. The second-order valence-electron chi connectivity index (χ2n) is 8.67. The molecule has 5 rings (SSSR count). The van der Waals surface area contributed by atoms with Gasteiger partial charge in [0, 0.05) is 29.6 Å². The minimum Gasteiger partial charge on any atom is -0.493 e. The number of hydrogen-bond acceptors (Lipinski definition) is 5. The zero-order chi connectivity index (χ0) is 25.5. The highest BCUT2D eigenvalue weighted by Crippen LogP contribution is 2.30. The summed E-state index contributed by atoms with van der Waals surface area (Å²) in [4.78, 5) is 21.5. The molecule has 5 aromatic rings. The van der Waals surface area contributed by atoms with Gasteiger partial charge in [0.2, 0.25) is 0 Å². The van der Waals surface area contributed by atoms with Crippen LogP contribution in [0.1, 0.15) is 26.5 Å². The zero-order valence-electron chi connectivity index (χ0n) is 20.7. The van der Waals surface area contributed by atoms with E-state index in [1.807, 2.05) is 89.8 Å². The van der Waals surface area contributed by atoms with Crippen LogP contribution in [0.25, 0.3) is 10.8 Å². The monoisotopic (exact) mass is 508 g/mol. The molecule has 6 heteroatoms. The zero-order valence-corrected chi connectivity index (χ0v) is 21.5. The maximum Gasteiger partial charge on any atom is 0.255 e. The lowest BCUT2D eigenvalue weighted by molar-refractivity contribution is 0.0729. The number of rotatable bonds is 10. The van der Waals surface area contributed by atoms with Crippen molar-refractivity contribution >= 4 is 28.0 Å². The van der Waals surface area contributed by atoms with Crippen molar-refractivity contribution in [2.24, 2.45) is 0 Å². The fourth-order valence-electron chi connectivity index (χ4n) is 4.34. The van der Waals surface area contributed by atoms with Crippen LogP contribution in [0.15, 0.2) is 103 Å². The Morgan fingerprint density at radius 1 is 0.892 bits per heavy atom. The molecule has 0 N–H and O–H groups in total. The second kappa shape index (κ2) is 11.7. The van der Waals surface area contributed by atoms with Crippen LogP contribution in [0.3, 0.4) is 0 Å². The Morgan fingerprint density at radius 3 is 2.57 bits per heavy atom. The first-order valence-electron chi connectivity index (χ1n) is 12.2. The molecule has 0 aliphatic rings. The van der Waals surface area contributed by atoms with Crippen molar-refractivity contribution in [3.05, 3.63) is 124 Å². The largest absolute Gasteiger partial charge is 0.493 e. The fraction of sp³-hybridized carbons (Fsp3) is 0.161. The lowest BCUT2D eigenvalue weighted by Crippen LogP contribution is -2.30. The molecule has 0 aliphatic carbocycles. The predicted molar refractivity (Wildman–Crippen MR) is 148 cm³/mol. The van der Waals surface area contributed by atoms with Crippen molar-refractivity contribution in [3.8, 4) is 11.5 Å². The molecule has 5 nitrogen and oxygen atoms in total. The summed E-state index contributed by atoms with van der Waals surface area (Å²) in [5.41, 5.74) is 2.46. The maximum absolute atomic E-state index is 13.9. The van der Waals surface area contributed by atoms with Gasteiger partial charge < -0.3 is 14.4 Å². The molecule has 37 heavy (non-hydrogen) atoms. The van der Waals surface area contributed by atoms with E-state index in [0.717, 1.165) is 28.5 Å². The van der Waals surface area contributed by atoms with Crippen LogP contribution in [0.4, 0.5) is 0 Å². The highest BCUT2D eigenvalue weighted by Gasteiger charge is 2.20. The van der Waals surface area contributed by atoms with Gasteiger partial charge in [-0.05, 0) is 58.1 Å². The quantitative estimate of drug-likeness (QED) is 0.209. The molecule has 0 radical (unpaired) electrons. The SMILES string of the molecule is COc1cc(CN(Cc2ccccn2)C(=O)c2cccc3ccccc23)ccc1OCCc1cccs1. The molecule has 186 valence electrons. The standard InChI is InChI=1S/C31H28N2O3S/c1-35-30-20-23(14-15-29(30)36-18-16-26-11-7-19-37-26)21-33(22-25-10-4-5-17-32-25)31(34)28-13-6-9-24-8-2-3-12-27(24)28/h2-15,17,19-20H,16,18,21-22H2,1H3. The van der Waals surface area contributed by atoms with E-state index in [2.05, 4.69) is 16.4 Å². The lowest BCUT2D eigenvalue weighted by atomic mass is 10.0. The number of ether oxygens (including phenoxy) is 2. The van der Waals surface area contributed by atoms with Crippen molar-refractivity contribution < 1.29 is 14.3 Å². The second-order valence-corrected chi connectivity index (χ2v) is 9.70. The maximum atomic E-state index is 13.9. The van der Waals surface area contributed by atoms with Crippen LogP contribution in [-0.2, 0) is 19.5 Å². The van der Waals surface area contributed by atoms with Crippen LogP contribution in [0.5, 0.6) is 11.5 Å². The van der Waals surface area contributed by atoms with Crippen LogP contribution in [-0.4, -0.2) is 29.5 Å². The average molecular weight is 509 g/mol. The third-order valence-electron chi connectivity index (χ3n) is 6.17. The number of thiophene rings is 1. The molecule has 0 fully saturated rings. The normalized spacial score (nSPS) is 10.8. The third kappa shape index (κ3) is 5.98. The Bertz CT molecular complexity index is 1460. The Hall–Kier alpha value is -4.16. The first kappa shape index (κ1) is 24.5. The summed E-state index contributed by atoms with van der Waals surface area (Å²) in [6, 6.07) is 29.6. The highest BCUT2D eigenvalue weighted by atomic mass is 32.1. The molecule has 2 heterocycles. The summed E-state index contributed by atoms with van der Waals surface area (Å²) >= 11 is 1.73. The van der Waals surface area contributed by atoms with Gasteiger partial charge in [-0.15, -0.1) is 11.3 Å². The van der Waals surface area contributed by atoms with Crippen molar-refractivity contribution in [1.29, 1.82) is 0 Å². The minimum absolute atomic E-state index is 0.0438. The van der Waals surface area contributed by atoms with Gasteiger partial charge in [-0.2, -0.15) is 0 Å². The van der Waals surface area contributed by atoms with E-state index in [0.29, 0.717) is 36.8 Å². The number of aromatic nitrogens is 1. The lowest BCUT2D eigenvalue weighted by Gasteiger charge is -2.24. The van der Waals surface area contributed by atoms with E-state index in [9.17, 15) is 4.79 Å². The van der Waals surface area contributed by atoms with Crippen molar-refractivity contribution in [3.63, 3.8) is 0 Å². The summed E-state index contributed by atoms with van der Waals surface area (Å²) in [5, 5.41) is 4.05. The van der Waals surface area contributed by atoms with E-state index < -0.39 is 0 Å². The molecule has 0 spiro atoms. The van der Waals surface area contributed by atoms with Crippen LogP contribution >= 0.6 is 11.3 Å². The highest BCUT2D eigenvalue weighted by molar-refractivity contribution is 7.09. The van der Waals surface area contributed by atoms with E-state index in [-0.39, 0.29) is 5.91 Å². The Kier molecular flexibility index (Phi) is 7.77. The molecule has 0 aliphatic heterocycles. The van der Waals surface area contributed by atoms with Gasteiger partial charge in [-0.3, -0.25) is 9.78 Å². The van der Waals surface area contributed by atoms with Crippen molar-refractivity contribution in [2.45, 2.75) is 19.5 Å². The van der Waals surface area contributed by atoms with Crippen molar-refractivity contribution in [1.82, 2.24) is 9.88 Å². The van der Waals surface area contributed by atoms with Gasteiger partial charge in [0.15, 0.2) is 11.5 Å². The summed E-state index contributed by atoms with van der Waals surface area (Å²) in [7, 11) is 1.64. The molecule has 0 atom stereocenters. The number of pyridine rings is 1. The first-order chi connectivity index (χ1) is 18.2. The van der Waals surface area contributed by atoms with E-state index in [4.69, 9.17) is 9.47 Å². The Morgan fingerprint density at radius 2 is 1.76 bits per heavy atom. The number of benzene rings is 3. The van der Waals surface area contributed by atoms with Crippen LogP contribution in [0.2, 0.25) is 0 Å². The first-order valence-corrected chi connectivity index (χ1v) is 13.1. The molecule has 2 aromatic heterocycles. The van der Waals surface area contributed by atoms with Gasteiger partial charge in [0.1, 0.15) is 0 Å². The van der Waals surface area contributed by atoms with Gasteiger partial charge in [-0.1, -0.05) is 54.6 Å².